The lowest BCUT2D eigenvalue weighted by molar-refractivity contribution is -0.267. The van der Waals surface area contributed by atoms with Gasteiger partial charge >= 0.3 is 5.97 Å². The smallest absolute Gasteiger partial charge is 0.325 e. The van der Waals surface area contributed by atoms with E-state index in [-0.39, 0.29) is 60.6 Å². The zero-order chi connectivity index (χ0) is 53.7. The number of allylic oxidation sites excluding steroid dienone is 3. The number of hydrogen-bond donors (Lipinski definition) is 9. The van der Waals surface area contributed by atoms with Crippen molar-refractivity contribution in [2.24, 2.45) is 41.4 Å². The maximum Gasteiger partial charge on any atom is 0.325 e. The number of fused-ring (bicyclic) bond motifs is 2. The van der Waals surface area contributed by atoms with Crippen LogP contribution in [0.1, 0.15) is 139 Å². The highest BCUT2D eigenvalue weighted by atomic mass is 16.5. The molecule has 17 heteroatoms. The van der Waals surface area contributed by atoms with E-state index in [0.717, 1.165) is 31.3 Å². The van der Waals surface area contributed by atoms with E-state index in [0.29, 0.717) is 44.1 Å². The molecule has 0 saturated carbocycles. The van der Waals surface area contributed by atoms with Crippen LogP contribution in [0.2, 0.25) is 0 Å². The fraction of sp³-hybridized carbons (Fsp3) is 0.696. The summed E-state index contributed by atoms with van der Waals surface area (Å²) in [7, 11) is 0. The molecule has 1 aromatic carbocycles. The summed E-state index contributed by atoms with van der Waals surface area (Å²) in [6.45, 7) is 17.2. The number of nitrogens with one attached hydrogen (secondary N) is 4. The molecule has 5 rings (SSSR count). The van der Waals surface area contributed by atoms with E-state index in [2.05, 4.69) is 28.3 Å². The number of aromatic hydroxyl groups is 1. The number of esters is 1. The van der Waals surface area contributed by atoms with Crippen molar-refractivity contribution in [3.63, 3.8) is 0 Å². The highest BCUT2D eigenvalue weighted by Crippen LogP contribution is 2.46. The Morgan fingerprint density at radius 1 is 0.973 bits per heavy atom. The molecule has 3 fully saturated rings. The first kappa shape index (κ1) is 59.2. The molecule has 4 heterocycles. The first-order chi connectivity index (χ1) is 34.6. The molecule has 16 atom stereocenters. The van der Waals surface area contributed by atoms with Crippen LogP contribution in [0.25, 0.3) is 0 Å². The number of benzene rings is 1. The Balaban J connectivity index is 1.27. The predicted octanol–water partition coefficient (Wildman–Crippen LogP) is 5.04. The average Bonchev–Trinajstić information content (AvgIpc) is 3.35. The lowest BCUT2D eigenvalue weighted by atomic mass is 9.69. The van der Waals surface area contributed by atoms with E-state index in [1.165, 1.54) is 23.2 Å². The average molecular weight is 1020 g/mol. The van der Waals surface area contributed by atoms with Gasteiger partial charge in [-0.05, 0) is 87.0 Å². The number of carbonyl (C=O) groups excluding carboxylic acids is 5. The second kappa shape index (κ2) is 27.2. The summed E-state index contributed by atoms with van der Waals surface area (Å²) in [6, 6.07) is 3.19. The predicted molar refractivity (Wildman–Crippen MR) is 277 cm³/mol. The van der Waals surface area contributed by atoms with Crippen molar-refractivity contribution in [1.82, 2.24) is 26.4 Å². The third kappa shape index (κ3) is 15.7. The molecule has 0 aliphatic carbocycles. The number of amides is 4. The van der Waals surface area contributed by atoms with E-state index in [4.69, 9.17) is 9.47 Å². The van der Waals surface area contributed by atoms with Crippen molar-refractivity contribution >= 4 is 29.6 Å². The molecular formula is C56H87N5O12. The number of ether oxygens (including phenoxy) is 2. The van der Waals surface area contributed by atoms with Crippen molar-refractivity contribution in [3.05, 3.63) is 65.8 Å². The molecule has 1 unspecified atom stereocenters. The molecule has 9 N–H and O–H groups in total. The zero-order valence-electron chi connectivity index (χ0n) is 44.7. The van der Waals surface area contributed by atoms with Gasteiger partial charge in [-0.15, -0.1) is 0 Å². The normalized spacial score (nSPS) is 35.4. The molecule has 2 bridgehead atoms. The number of unbranched alkanes of at least 4 members (excludes halogenated alkanes) is 2. The van der Waals surface area contributed by atoms with Gasteiger partial charge in [0.1, 0.15) is 35.7 Å². The third-order valence-electron chi connectivity index (χ3n) is 16.1. The minimum absolute atomic E-state index is 0.00686. The van der Waals surface area contributed by atoms with Crippen LogP contribution in [0.3, 0.4) is 0 Å². The van der Waals surface area contributed by atoms with Crippen LogP contribution in [0.5, 0.6) is 5.75 Å². The number of aliphatic hydroxyl groups is 4. The topological polar surface area (TPSA) is 256 Å². The molecule has 4 aliphatic rings. The molecule has 1 spiro atoms. The van der Waals surface area contributed by atoms with Gasteiger partial charge in [0.05, 0.1) is 36.9 Å². The van der Waals surface area contributed by atoms with Crippen molar-refractivity contribution in [3.8, 4) is 5.75 Å². The molecule has 1 aromatic rings. The Kier molecular flexibility index (Phi) is 22.1. The van der Waals surface area contributed by atoms with Gasteiger partial charge < -0.3 is 51.0 Å². The zero-order valence-corrected chi connectivity index (χ0v) is 44.7. The summed E-state index contributed by atoms with van der Waals surface area (Å²) in [5, 5.41) is 65.0. The fourth-order valence-electron chi connectivity index (χ4n) is 10.8. The second-order valence-electron chi connectivity index (χ2n) is 22.0. The number of hydrazine groups is 1. The summed E-state index contributed by atoms with van der Waals surface area (Å²) in [5.41, 5.74) is 3.44. The molecule has 4 amide bonds. The number of rotatable bonds is 13. The number of hydrogen-bond acceptors (Lipinski definition) is 13. The molecule has 3 saturated heterocycles. The number of aliphatic hydroxyl groups excluding tert-OH is 4. The first-order valence-electron chi connectivity index (χ1n) is 26.9. The lowest BCUT2D eigenvalue weighted by Crippen LogP contribution is -2.71. The Morgan fingerprint density at radius 2 is 1.71 bits per heavy atom. The van der Waals surface area contributed by atoms with Gasteiger partial charge in [-0.1, -0.05) is 104 Å². The quantitative estimate of drug-likeness (QED) is 0.0715. The maximum atomic E-state index is 14.4. The minimum Gasteiger partial charge on any atom is -0.508 e. The second-order valence-corrected chi connectivity index (χ2v) is 22.0. The van der Waals surface area contributed by atoms with Crippen LogP contribution in [-0.4, -0.2) is 127 Å². The van der Waals surface area contributed by atoms with E-state index in [1.54, 1.807) is 45.1 Å². The van der Waals surface area contributed by atoms with E-state index >= 15 is 0 Å². The minimum atomic E-state index is -1.25. The molecular weight excluding hydrogens is 935 g/mol. The van der Waals surface area contributed by atoms with E-state index in [9.17, 15) is 49.5 Å². The standard InChI is InChI=1S/C56H87N5O12/c1-10-40-27-35(6)56(59-52(40)68)38(9)51(67)37(8)48(73-56)30-45(64)33(4)19-13-11-14-20-34(5)47-25-16-12-15-24-44(63)36(7)46(65)31-49(66)58-50(32(2)3)53(69)57-43(29-39-21-17-22-41(62)28-39)54(70)61-26-18-23-42(60-61)55(71)72-47/h12,15-17,20-22,24,28,32-33,35-38,40,42-48,50-51,60,62-65,67H,10-11,13-14,18-19,23,25-27,29-31H2,1-9H3,(H,57,69)(H,58,66)(H,59,68)/b16-12+,24-15+,34-20+/t33-,35-,36?,37-,38-,40-,42-,43-,44+,45-,46-,47-,48-,50-,51-,56+/m0/s1. The molecule has 0 radical (unpaired) electrons. The van der Waals surface area contributed by atoms with E-state index in [1.807, 2.05) is 46.8 Å². The van der Waals surface area contributed by atoms with Crippen molar-refractivity contribution in [1.29, 1.82) is 0 Å². The summed E-state index contributed by atoms with van der Waals surface area (Å²) in [5.74, 6) is -4.28. The van der Waals surface area contributed by atoms with Crippen LogP contribution in [0.4, 0.5) is 0 Å². The summed E-state index contributed by atoms with van der Waals surface area (Å²) < 4.78 is 12.9. The van der Waals surface area contributed by atoms with Gasteiger partial charge in [-0.25, -0.2) is 5.43 Å². The summed E-state index contributed by atoms with van der Waals surface area (Å²) >= 11 is 0. The monoisotopic (exact) mass is 1020 g/mol. The number of cyclic esters (lactones) is 1. The molecule has 4 aliphatic heterocycles. The molecule has 408 valence electrons. The number of nitrogens with zero attached hydrogens (tertiary/aromatic N) is 1. The number of phenolic OH excluding ortho intramolecular Hbond substituents is 1. The molecule has 73 heavy (non-hydrogen) atoms. The Morgan fingerprint density at radius 3 is 2.41 bits per heavy atom. The Labute approximate surface area is 433 Å². The van der Waals surface area contributed by atoms with Crippen LogP contribution in [0.15, 0.2) is 60.2 Å². The van der Waals surface area contributed by atoms with Gasteiger partial charge in [0.2, 0.25) is 17.7 Å². The largest absolute Gasteiger partial charge is 0.508 e. The summed E-state index contributed by atoms with van der Waals surface area (Å²) in [4.78, 5) is 68.6. The van der Waals surface area contributed by atoms with Crippen molar-refractivity contribution in [2.45, 2.75) is 200 Å². The number of piperidine rings is 1. The lowest BCUT2D eigenvalue weighted by Gasteiger charge is -2.56. The van der Waals surface area contributed by atoms with Gasteiger partial charge in [-0.3, -0.25) is 29.0 Å². The Hall–Kier alpha value is -4.65. The highest BCUT2D eigenvalue weighted by Gasteiger charge is 2.57. The van der Waals surface area contributed by atoms with Gasteiger partial charge in [0.25, 0.3) is 5.91 Å². The maximum absolute atomic E-state index is 14.4. The van der Waals surface area contributed by atoms with Gasteiger partial charge in [0, 0.05) is 55.4 Å². The van der Waals surface area contributed by atoms with Crippen LogP contribution in [-0.2, 0) is 39.9 Å². The van der Waals surface area contributed by atoms with Crippen LogP contribution >= 0.6 is 0 Å². The fourth-order valence-corrected chi connectivity index (χ4v) is 10.8. The molecule has 0 aromatic heterocycles. The number of phenols is 1. The van der Waals surface area contributed by atoms with Gasteiger partial charge in [0.15, 0.2) is 0 Å². The molecule has 17 nitrogen and oxygen atoms in total. The Bertz CT molecular complexity index is 2120. The van der Waals surface area contributed by atoms with Crippen LogP contribution < -0.4 is 21.4 Å². The number of carbonyl (C=O) groups is 5. The van der Waals surface area contributed by atoms with Crippen LogP contribution in [0, 0.1) is 41.4 Å². The summed E-state index contributed by atoms with van der Waals surface area (Å²) in [6.07, 6.45) is 9.34. The van der Waals surface area contributed by atoms with Crippen molar-refractivity contribution < 1.29 is 59.0 Å². The van der Waals surface area contributed by atoms with Gasteiger partial charge in [-0.2, -0.15) is 0 Å². The van der Waals surface area contributed by atoms with Crippen molar-refractivity contribution in [2.75, 3.05) is 6.54 Å². The van der Waals surface area contributed by atoms with E-state index < -0.39 is 96.0 Å². The SMILES string of the molecule is CC[C@H]1C[C@H](C)[C@@]2(NC1=O)O[C@@H](C[C@H](O)[C@@H](C)CCCC/C=C(\C)[C@@H]1C/C=C/C=C/[C@@H](O)C(C)[C@@H](O)CC(=O)N[C@@H](C(C)C)C(=O)N[C@@H](Cc3cccc(O)c3)C(=O)N3CCC[C@H](N3)C(=O)O1)[C@H](C)[C@H](O)[C@@H]2C. The first-order valence-corrected chi connectivity index (χ1v) is 26.9. The highest BCUT2D eigenvalue weighted by molar-refractivity contribution is 5.92. The third-order valence-corrected chi connectivity index (χ3v) is 16.1.